The van der Waals surface area contributed by atoms with Gasteiger partial charge in [-0.2, -0.15) is 5.10 Å². The Balaban J connectivity index is 2.01. The van der Waals surface area contributed by atoms with Gasteiger partial charge in [0.05, 0.1) is 12.2 Å². The van der Waals surface area contributed by atoms with Crippen molar-refractivity contribution in [2.45, 2.75) is 13.5 Å². The molecular formula is C16H18N4O4. The summed E-state index contributed by atoms with van der Waals surface area (Å²) in [6.07, 6.45) is 1.56. The van der Waals surface area contributed by atoms with Crippen molar-refractivity contribution in [2.75, 3.05) is 13.6 Å². The highest BCUT2D eigenvalue weighted by molar-refractivity contribution is 5.85. The van der Waals surface area contributed by atoms with Crippen LogP contribution in [-0.2, 0) is 16.1 Å². The fraction of sp³-hybridized carbons (Fsp3) is 0.250. The maximum absolute atomic E-state index is 11.8. The Hall–Kier alpha value is -3.16. The molecule has 126 valence electrons. The van der Waals surface area contributed by atoms with Gasteiger partial charge in [0.15, 0.2) is 5.69 Å². The third-order valence-corrected chi connectivity index (χ3v) is 3.39. The number of benzene rings is 1. The standard InChI is InChI=1S/C16H18N4O4/c1-11(21)19(2)10-15(22)17-9-12-4-3-5-13(8-12)20-7-6-14(18-20)16(23)24/h3-8H,9-10H2,1-2H3,(H,17,22)(H,23,24). The summed E-state index contributed by atoms with van der Waals surface area (Å²) in [5, 5.41) is 15.6. The van der Waals surface area contributed by atoms with Gasteiger partial charge in [0.25, 0.3) is 0 Å². The molecule has 0 aliphatic rings. The molecule has 0 bridgehead atoms. The lowest BCUT2D eigenvalue weighted by Gasteiger charge is -2.14. The Bertz CT molecular complexity index is 769. The number of nitrogens with one attached hydrogen (secondary N) is 1. The minimum Gasteiger partial charge on any atom is -0.476 e. The third-order valence-electron chi connectivity index (χ3n) is 3.39. The van der Waals surface area contributed by atoms with E-state index < -0.39 is 5.97 Å². The van der Waals surface area contributed by atoms with Crippen LogP contribution in [-0.4, -0.2) is 51.2 Å². The molecule has 0 saturated carbocycles. The van der Waals surface area contributed by atoms with Crippen LogP contribution in [0.2, 0.25) is 0 Å². The second-order valence-electron chi connectivity index (χ2n) is 5.27. The van der Waals surface area contributed by atoms with E-state index in [1.54, 1.807) is 31.4 Å². The molecule has 1 heterocycles. The van der Waals surface area contributed by atoms with Gasteiger partial charge in [-0.1, -0.05) is 12.1 Å². The monoisotopic (exact) mass is 330 g/mol. The van der Waals surface area contributed by atoms with Gasteiger partial charge in [0.1, 0.15) is 0 Å². The molecule has 8 heteroatoms. The van der Waals surface area contributed by atoms with E-state index in [2.05, 4.69) is 10.4 Å². The zero-order valence-corrected chi connectivity index (χ0v) is 13.4. The lowest BCUT2D eigenvalue weighted by atomic mass is 10.2. The van der Waals surface area contributed by atoms with Crippen LogP contribution in [0.25, 0.3) is 5.69 Å². The zero-order chi connectivity index (χ0) is 17.7. The Labute approximate surface area is 138 Å². The summed E-state index contributed by atoms with van der Waals surface area (Å²) in [5.41, 5.74) is 1.48. The number of rotatable bonds is 6. The third kappa shape index (κ3) is 4.42. The SMILES string of the molecule is CC(=O)N(C)CC(=O)NCc1cccc(-n2ccc(C(=O)O)n2)c1. The fourth-order valence-electron chi connectivity index (χ4n) is 1.97. The van der Waals surface area contributed by atoms with Crippen LogP contribution in [0, 0.1) is 0 Å². The molecule has 2 N–H and O–H groups in total. The second kappa shape index (κ2) is 7.40. The summed E-state index contributed by atoms with van der Waals surface area (Å²) in [5.74, 6) is -1.53. The molecule has 0 fully saturated rings. The van der Waals surface area contributed by atoms with Crippen LogP contribution < -0.4 is 5.32 Å². The van der Waals surface area contributed by atoms with Gasteiger partial charge in [-0.05, 0) is 23.8 Å². The lowest BCUT2D eigenvalue weighted by Crippen LogP contribution is -2.37. The van der Waals surface area contributed by atoms with Crippen molar-refractivity contribution < 1.29 is 19.5 Å². The summed E-state index contributed by atoms with van der Waals surface area (Å²) in [4.78, 5) is 35.1. The quantitative estimate of drug-likeness (QED) is 0.810. The second-order valence-corrected chi connectivity index (χ2v) is 5.27. The van der Waals surface area contributed by atoms with Crippen LogP contribution in [0.5, 0.6) is 0 Å². The van der Waals surface area contributed by atoms with Gasteiger partial charge in [0.2, 0.25) is 11.8 Å². The van der Waals surface area contributed by atoms with Gasteiger partial charge in [-0.25, -0.2) is 9.48 Å². The number of amides is 2. The Morgan fingerprint density at radius 3 is 2.67 bits per heavy atom. The summed E-state index contributed by atoms with van der Waals surface area (Å²) in [7, 11) is 1.56. The van der Waals surface area contributed by atoms with Crippen molar-refractivity contribution >= 4 is 17.8 Å². The molecule has 24 heavy (non-hydrogen) atoms. The molecule has 0 aliphatic heterocycles. The lowest BCUT2D eigenvalue weighted by molar-refractivity contribution is -0.133. The first-order valence-electron chi connectivity index (χ1n) is 7.23. The van der Waals surface area contributed by atoms with E-state index in [0.29, 0.717) is 12.2 Å². The number of hydrogen-bond acceptors (Lipinski definition) is 4. The van der Waals surface area contributed by atoms with Crippen LogP contribution in [0.4, 0.5) is 0 Å². The molecule has 0 spiro atoms. The van der Waals surface area contributed by atoms with Crippen LogP contribution in [0.15, 0.2) is 36.5 Å². The molecular weight excluding hydrogens is 312 g/mol. The van der Waals surface area contributed by atoms with Crippen molar-refractivity contribution in [3.05, 3.63) is 47.8 Å². The summed E-state index contributed by atoms with van der Waals surface area (Å²) < 4.78 is 1.46. The minimum absolute atomic E-state index is 0.00382. The fourth-order valence-corrected chi connectivity index (χ4v) is 1.97. The summed E-state index contributed by atoms with van der Waals surface area (Å²) in [6, 6.07) is 8.62. The highest BCUT2D eigenvalue weighted by Gasteiger charge is 2.10. The molecule has 2 aromatic rings. The molecule has 0 atom stereocenters. The molecule has 0 aliphatic carbocycles. The molecule has 2 rings (SSSR count). The van der Waals surface area contributed by atoms with E-state index in [4.69, 9.17) is 5.11 Å². The molecule has 8 nitrogen and oxygen atoms in total. The number of carboxylic acid groups (broad SMARTS) is 1. The number of hydrogen-bond donors (Lipinski definition) is 2. The average molecular weight is 330 g/mol. The first-order valence-corrected chi connectivity index (χ1v) is 7.23. The van der Waals surface area contributed by atoms with Crippen molar-refractivity contribution in [3.63, 3.8) is 0 Å². The molecule has 0 saturated heterocycles. The summed E-state index contributed by atoms with van der Waals surface area (Å²) in [6.45, 7) is 1.69. The Kier molecular flexibility index (Phi) is 5.31. The van der Waals surface area contributed by atoms with Crippen LogP contribution in [0.3, 0.4) is 0 Å². The predicted octanol–water partition coefficient (Wildman–Crippen LogP) is 0.665. The molecule has 0 radical (unpaired) electrons. The van der Waals surface area contributed by atoms with E-state index in [0.717, 1.165) is 5.56 Å². The van der Waals surface area contributed by atoms with Gasteiger partial charge < -0.3 is 15.3 Å². The Morgan fingerprint density at radius 2 is 2.04 bits per heavy atom. The van der Waals surface area contributed by atoms with E-state index >= 15 is 0 Å². The highest BCUT2D eigenvalue weighted by Crippen LogP contribution is 2.11. The van der Waals surface area contributed by atoms with Crippen molar-refractivity contribution in [3.8, 4) is 5.69 Å². The number of likely N-dealkylation sites (N-methyl/N-ethyl adjacent to an activating group) is 1. The van der Waals surface area contributed by atoms with Crippen molar-refractivity contribution in [2.24, 2.45) is 0 Å². The van der Waals surface area contributed by atoms with E-state index in [-0.39, 0.29) is 24.1 Å². The summed E-state index contributed by atoms with van der Waals surface area (Å²) >= 11 is 0. The van der Waals surface area contributed by atoms with Gasteiger partial charge in [-0.15, -0.1) is 0 Å². The number of aromatic carboxylic acids is 1. The van der Waals surface area contributed by atoms with Crippen molar-refractivity contribution in [1.82, 2.24) is 20.0 Å². The van der Waals surface area contributed by atoms with Gasteiger partial charge in [-0.3, -0.25) is 9.59 Å². The van der Waals surface area contributed by atoms with Crippen molar-refractivity contribution in [1.29, 1.82) is 0 Å². The maximum atomic E-state index is 11.8. The van der Waals surface area contributed by atoms with E-state index in [1.807, 2.05) is 6.07 Å². The molecule has 1 aromatic carbocycles. The first-order chi connectivity index (χ1) is 11.4. The number of carboxylic acids is 1. The largest absolute Gasteiger partial charge is 0.476 e. The zero-order valence-electron chi connectivity index (χ0n) is 13.4. The van der Waals surface area contributed by atoms with Crippen LogP contribution in [0.1, 0.15) is 23.0 Å². The van der Waals surface area contributed by atoms with E-state index in [9.17, 15) is 14.4 Å². The topological polar surface area (TPSA) is 105 Å². The molecule has 0 unspecified atom stereocenters. The smallest absolute Gasteiger partial charge is 0.356 e. The van der Waals surface area contributed by atoms with Gasteiger partial charge >= 0.3 is 5.97 Å². The predicted molar refractivity (Wildman–Crippen MR) is 85.7 cm³/mol. The van der Waals surface area contributed by atoms with Gasteiger partial charge in [0, 0.05) is 26.7 Å². The number of nitrogens with zero attached hydrogens (tertiary/aromatic N) is 3. The van der Waals surface area contributed by atoms with Crippen LogP contribution >= 0.6 is 0 Å². The average Bonchev–Trinajstić information content (AvgIpc) is 3.03. The maximum Gasteiger partial charge on any atom is 0.356 e. The van der Waals surface area contributed by atoms with E-state index in [1.165, 1.54) is 22.6 Å². The number of carbonyl (C=O) groups is 3. The first kappa shape index (κ1) is 17.2. The minimum atomic E-state index is -1.09. The highest BCUT2D eigenvalue weighted by atomic mass is 16.4. The molecule has 1 aromatic heterocycles. The number of carbonyl (C=O) groups excluding carboxylic acids is 2. The molecule has 2 amide bonds. The Morgan fingerprint density at radius 1 is 1.29 bits per heavy atom. The normalized spacial score (nSPS) is 10.2. The number of aromatic nitrogens is 2.